The third kappa shape index (κ3) is 11.1. The fourth-order valence-corrected chi connectivity index (χ4v) is 0.285. The van der Waals surface area contributed by atoms with E-state index >= 15 is 0 Å². The van der Waals surface area contributed by atoms with Crippen molar-refractivity contribution in [1.29, 1.82) is 0 Å². The smallest absolute Gasteiger partial charge is 0.340 e. The van der Waals surface area contributed by atoms with Crippen molar-refractivity contribution in [1.82, 2.24) is 0 Å². The molecule has 0 N–H and O–H groups in total. The van der Waals surface area contributed by atoms with Crippen LogP contribution < -0.4 is 51.4 Å². The van der Waals surface area contributed by atoms with Crippen LogP contribution in [0, 0.1) is 6.92 Å². The first-order chi connectivity index (χ1) is 2.91. The van der Waals surface area contributed by atoms with Gasteiger partial charge in [0.1, 0.15) is 0 Å². The molecule has 1 heteroatoms. The zero-order chi connectivity index (χ0) is 4.83. The van der Waals surface area contributed by atoms with E-state index in [1.165, 1.54) is 0 Å². The van der Waals surface area contributed by atoms with Gasteiger partial charge < -0.3 is 6.92 Å². The molecule has 0 fully saturated rings. The third-order valence-electron chi connectivity index (χ3n) is 0.569. The van der Waals surface area contributed by atoms with Crippen molar-refractivity contribution < 1.29 is 51.4 Å². The Balaban J connectivity index is 0. The van der Waals surface area contributed by atoms with Crippen LogP contribution in [0.3, 0.4) is 0 Å². The Bertz CT molecular complexity index is 33.4. The van der Waals surface area contributed by atoms with Gasteiger partial charge in [0.05, 0.1) is 0 Å². The molecule has 0 heterocycles. The van der Waals surface area contributed by atoms with Gasteiger partial charge in [-0.15, -0.1) is 6.08 Å². The van der Waals surface area contributed by atoms with Crippen LogP contribution in [0.1, 0.15) is 19.8 Å². The number of hydrogen-bond donors (Lipinski definition) is 0. The van der Waals surface area contributed by atoms with E-state index in [0.29, 0.717) is 0 Å². The SMILES string of the molecule is [CH2-]CC=CCC.[K+]. The van der Waals surface area contributed by atoms with Crippen LogP contribution in [0.15, 0.2) is 12.2 Å². The van der Waals surface area contributed by atoms with Crippen LogP contribution in [-0.4, -0.2) is 0 Å². The quantitative estimate of drug-likeness (QED) is 0.255. The van der Waals surface area contributed by atoms with Crippen LogP contribution in [0.4, 0.5) is 0 Å². The van der Waals surface area contributed by atoms with Gasteiger partial charge in [0.2, 0.25) is 0 Å². The molecule has 0 aromatic rings. The van der Waals surface area contributed by atoms with E-state index < -0.39 is 0 Å². The van der Waals surface area contributed by atoms with E-state index in [1.807, 2.05) is 0 Å². The molecule has 36 valence electrons. The second kappa shape index (κ2) is 10.4. The van der Waals surface area contributed by atoms with Crippen LogP contribution >= 0.6 is 0 Å². The van der Waals surface area contributed by atoms with Gasteiger partial charge in [0, 0.05) is 0 Å². The molecular weight excluding hydrogens is 111 g/mol. The minimum absolute atomic E-state index is 0. The van der Waals surface area contributed by atoms with Crippen molar-refractivity contribution in [3.05, 3.63) is 19.1 Å². The molecule has 0 aliphatic heterocycles. The molecule has 0 aromatic carbocycles. The van der Waals surface area contributed by atoms with E-state index in [2.05, 4.69) is 26.0 Å². The van der Waals surface area contributed by atoms with Crippen molar-refractivity contribution in [2.24, 2.45) is 0 Å². The zero-order valence-electron chi connectivity index (χ0n) is 5.28. The molecule has 0 nitrogen and oxygen atoms in total. The summed E-state index contributed by atoms with van der Waals surface area (Å²) in [5.41, 5.74) is 0. The molecule has 0 rings (SSSR count). The molecular formula is C6H11K. The monoisotopic (exact) mass is 122 g/mol. The van der Waals surface area contributed by atoms with Gasteiger partial charge in [0.15, 0.2) is 0 Å². The first-order valence-corrected chi connectivity index (χ1v) is 2.36. The molecule has 0 aliphatic carbocycles. The molecule has 7 heavy (non-hydrogen) atoms. The Hall–Kier alpha value is 1.38. The van der Waals surface area contributed by atoms with Gasteiger partial charge in [-0.25, -0.2) is 0 Å². The number of allylic oxidation sites excluding steroid dienone is 2. The predicted octanol–water partition coefficient (Wildman–Crippen LogP) is -0.819. The van der Waals surface area contributed by atoms with Crippen molar-refractivity contribution in [3.63, 3.8) is 0 Å². The average Bonchev–Trinajstić information content (AvgIpc) is 1.61. The van der Waals surface area contributed by atoms with Gasteiger partial charge in [-0.05, 0) is 6.42 Å². The van der Waals surface area contributed by atoms with E-state index in [1.54, 1.807) is 0 Å². The molecule has 0 radical (unpaired) electrons. The fourth-order valence-electron chi connectivity index (χ4n) is 0.285. The largest absolute Gasteiger partial charge is 1.00 e. The molecule has 0 saturated carbocycles. The summed E-state index contributed by atoms with van der Waals surface area (Å²) in [5, 5.41) is 0. The molecule has 0 unspecified atom stereocenters. The molecule has 0 bridgehead atoms. The topological polar surface area (TPSA) is 0 Å². The third-order valence-corrected chi connectivity index (χ3v) is 0.569. The molecule has 0 aromatic heterocycles. The summed E-state index contributed by atoms with van der Waals surface area (Å²) in [4.78, 5) is 0. The summed E-state index contributed by atoms with van der Waals surface area (Å²) in [6.45, 7) is 5.75. The Morgan fingerprint density at radius 2 is 2.00 bits per heavy atom. The zero-order valence-corrected chi connectivity index (χ0v) is 8.40. The van der Waals surface area contributed by atoms with Crippen LogP contribution in [0.5, 0.6) is 0 Å². The maximum atomic E-state index is 3.64. The maximum absolute atomic E-state index is 3.64. The predicted molar refractivity (Wildman–Crippen MR) is 29.4 cm³/mol. The van der Waals surface area contributed by atoms with Gasteiger partial charge >= 0.3 is 51.4 Å². The van der Waals surface area contributed by atoms with Gasteiger partial charge in [-0.1, -0.05) is 13.0 Å². The van der Waals surface area contributed by atoms with Crippen molar-refractivity contribution in [2.45, 2.75) is 19.8 Å². The summed E-state index contributed by atoms with van der Waals surface area (Å²) in [5.74, 6) is 0. The maximum Gasteiger partial charge on any atom is 1.00 e. The number of rotatable bonds is 2. The normalized spacial score (nSPS) is 8.86. The van der Waals surface area contributed by atoms with Crippen molar-refractivity contribution in [3.8, 4) is 0 Å². The summed E-state index contributed by atoms with van der Waals surface area (Å²) in [7, 11) is 0. The van der Waals surface area contributed by atoms with E-state index in [4.69, 9.17) is 0 Å². The second-order valence-electron chi connectivity index (χ2n) is 1.17. The summed E-state index contributed by atoms with van der Waals surface area (Å²) < 4.78 is 0. The van der Waals surface area contributed by atoms with E-state index in [-0.39, 0.29) is 51.4 Å². The Morgan fingerprint density at radius 1 is 1.43 bits per heavy atom. The fraction of sp³-hybridized carbons (Fsp3) is 0.500. The summed E-state index contributed by atoms with van der Waals surface area (Å²) in [6.07, 6.45) is 6.25. The Labute approximate surface area is 88.8 Å². The Kier molecular flexibility index (Phi) is 16.6. The Morgan fingerprint density at radius 3 is 2.14 bits per heavy atom. The molecule has 0 spiro atoms. The minimum atomic E-state index is 0. The molecule has 0 aliphatic rings. The summed E-state index contributed by atoms with van der Waals surface area (Å²) in [6, 6.07) is 0. The van der Waals surface area contributed by atoms with Gasteiger partial charge in [-0.2, -0.15) is 6.42 Å². The van der Waals surface area contributed by atoms with Crippen molar-refractivity contribution >= 4 is 0 Å². The summed E-state index contributed by atoms with van der Waals surface area (Å²) >= 11 is 0. The molecule has 0 amide bonds. The van der Waals surface area contributed by atoms with Crippen LogP contribution in [-0.2, 0) is 0 Å². The van der Waals surface area contributed by atoms with E-state index in [0.717, 1.165) is 12.8 Å². The number of hydrogen-bond acceptors (Lipinski definition) is 0. The average molecular weight is 122 g/mol. The van der Waals surface area contributed by atoms with Gasteiger partial charge in [0.25, 0.3) is 0 Å². The van der Waals surface area contributed by atoms with Crippen LogP contribution in [0.25, 0.3) is 0 Å². The van der Waals surface area contributed by atoms with Gasteiger partial charge in [-0.3, -0.25) is 0 Å². The first-order valence-electron chi connectivity index (χ1n) is 2.36. The molecule has 0 atom stereocenters. The van der Waals surface area contributed by atoms with Crippen molar-refractivity contribution in [2.75, 3.05) is 0 Å². The van der Waals surface area contributed by atoms with E-state index in [9.17, 15) is 0 Å². The van der Waals surface area contributed by atoms with Crippen LogP contribution in [0.2, 0.25) is 0 Å². The molecule has 0 saturated heterocycles. The minimum Gasteiger partial charge on any atom is -0.340 e. The standard InChI is InChI=1S/C6H11.K/c1-3-5-6-4-2;/h5-6H,1,3-4H2,2H3;/q-1;+1. The second-order valence-corrected chi connectivity index (χ2v) is 1.17. The first kappa shape index (κ1) is 11.2.